The van der Waals surface area contributed by atoms with Crippen molar-refractivity contribution < 1.29 is 4.39 Å². The number of benzene rings is 1. The molecular weight excluding hydrogens is 311 g/mol. The number of hydrogen-bond donors (Lipinski definition) is 0. The van der Waals surface area contributed by atoms with Crippen LogP contribution in [0.15, 0.2) is 29.1 Å². The molecule has 0 atom stereocenters. The first-order chi connectivity index (χ1) is 11.0. The highest BCUT2D eigenvalue weighted by Gasteiger charge is 2.23. The van der Waals surface area contributed by atoms with Crippen molar-refractivity contribution in [1.29, 1.82) is 0 Å². The van der Waals surface area contributed by atoms with Crippen LogP contribution in [0.25, 0.3) is 21.9 Å². The van der Waals surface area contributed by atoms with Crippen molar-refractivity contribution in [2.24, 2.45) is 0 Å². The number of nitrogens with zero attached hydrogens (tertiary/aromatic N) is 2. The number of halogens is 1. The van der Waals surface area contributed by atoms with Gasteiger partial charge in [0.05, 0.1) is 5.39 Å². The van der Waals surface area contributed by atoms with Crippen molar-refractivity contribution in [1.82, 2.24) is 9.55 Å². The maximum atomic E-state index is 13.4. The van der Waals surface area contributed by atoms with E-state index < -0.39 is 0 Å². The number of allylic oxidation sites excluding steroid dienone is 1. The summed E-state index contributed by atoms with van der Waals surface area (Å²) in [5, 5.41) is 0.739. The molecule has 0 amide bonds. The van der Waals surface area contributed by atoms with Crippen LogP contribution in [-0.2, 0) is 6.54 Å². The zero-order chi connectivity index (χ0) is 16.1. The van der Waals surface area contributed by atoms with E-state index >= 15 is 0 Å². The molecule has 0 N–H and O–H groups in total. The van der Waals surface area contributed by atoms with Gasteiger partial charge in [0, 0.05) is 11.4 Å². The Hall–Kier alpha value is -2.27. The summed E-state index contributed by atoms with van der Waals surface area (Å²) >= 11 is 1.56. The van der Waals surface area contributed by atoms with Gasteiger partial charge in [-0.3, -0.25) is 9.36 Å². The lowest BCUT2D eigenvalue weighted by Gasteiger charge is -2.03. The molecule has 3 aromatic rings. The zero-order valence-corrected chi connectivity index (χ0v) is 13.7. The molecule has 116 valence electrons. The third kappa shape index (κ3) is 2.23. The second-order valence-electron chi connectivity index (χ2n) is 5.83. The molecule has 23 heavy (non-hydrogen) atoms. The average molecular weight is 326 g/mol. The third-order valence-electron chi connectivity index (χ3n) is 4.37. The second-order valence-corrected chi connectivity index (χ2v) is 7.03. The number of aryl methyl sites for hydroxylation is 2. The topological polar surface area (TPSA) is 34.9 Å². The van der Waals surface area contributed by atoms with Crippen molar-refractivity contribution in [2.45, 2.75) is 26.8 Å². The predicted molar refractivity (Wildman–Crippen MR) is 92.2 cm³/mol. The summed E-state index contributed by atoms with van der Waals surface area (Å²) in [6.45, 7) is 4.62. The van der Waals surface area contributed by atoms with Gasteiger partial charge in [0.15, 0.2) is 0 Å². The highest BCUT2D eigenvalue weighted by Crippen LogP contribution is 2.31. The van der Waals surface area contributed by atoms with Crippen LogP contribution in [0.4, 0.5) is 4.39 Å². The summed E-state index contributed by atoms with van der Waals surface area (Å²) in [5.41, 5.74) is 2.84. The minimum absolute atomic E-state index is 0.0366. The van der Waals surface area contributed by atoms with E-state index in [1.807, 2.05) is 26.0 Å². The molecule has 1 aromatic carbocycles. The molecule has 3 heterocycles. The van der Waals surface area contributed by atoms with Crippen LogP contribution < -0.4 is 5.56 Å². The first-order valence-electron chi connectivity index (χ1n) is 7.51. The van der Waals surface area contributed by atoms with Crippen LogP contribution in [0.5, 0.6) is 0 Å². The highest BCUT2D eigenvalue weighted by atomic mass is 32.1. The number of rotatable bonds is 1. The number of fused-ring (bicyclic) bond motifs is 2. The Morgan fingerprint density at radius 2 is 2.17 bits per heavy atom. The summed E-state index contributed by atoms with van der Waals surface area (Å²) in [4.78, 5) is 19.4. The fourth-order valence-corrected chi connectivity index (χ4v) is 4.08. The van der Waals surface area contributed by atoms with Gasteiger partial charge in [-0.15, -0.1) is 11.3 Å². The van der Waals surface area contributed by atoms with E-state index in [9.17, 15) is 9.18 Å². The predicted octanol–water partition coefficient (Wildman–Crippen LogP) is 4.16. The van der Waals surface area contributed by atoms with Crippen molar-refractivity contribution in [2.75, 3.05) is 0 Å². The molecule has 0 unspecified atom stereocenters. The van der Waals surface area contributed by atoms with E-state index in [0.717, 1.165) is 38.2 Å². The van der Waals surface area contributed by atoms with Crippen LogP contribution in [0.1, 0.15) is 28.2 Å². The molecular formula is C18H15FN2OS. The SMILES string of the molecule is Cc1sc2nc3n(c(=O)c2c1C)CC/C3=C/c1cccc(F)c1. The molecule has 3 nitrogen and oxygen atoms in total. The monoisotopic (exact) mass is 326 g/mol. The van der Waals surface area contributed by atoms with Gasteiger partial charge in [0.1, 0.15) is 16.5 Å². The van der Waals surface area contributed by atoms with Gasteiger partial charge in [0.2, 0.25) is 0 Å². The van der Waals surface area contributed by atoms with Crippen LogP contribution in [0.2, 0.25) is 0 Å². The zero-order valence-electron chi connectivity index (χ0n) is 12.9. The van der Waals surface area contributed by atoms with E-state index in [-0.39, 0.29) is 11.4 Å². The van der Waals surface area contributed by atoms with E-state index in [4.69, 9.17) is 4.98 Å². The first kappa shape index (κ1) is 14.3. The van der Waals surface area contributed by atoms with Gasteiger partial charge < -0.3 is 0 Å². The van der Waals surface area contributed by atoms with E-state index in [1.54, 1.807) is 22.0 Å². The maximum Gasteiger partial charge on any atom is 0.262 e. The normalized spacial score (nSPS) is 15.5. The standard InChI is InChI=1S/C18H15FN2OS/c1-10-11(2)23-17-15(10)18(22)21-7-6-13(16(21)20-17)8-12-4-3-5-14(19)9-12/h3-5,8-9H,6-7H2,1-2H3/b13-8-. The summed E-state index contributed by atoms with van der Waals surface area (Å²) in [6.07, 6.45) is 2.67. The van der Waals surface area contributed by atoms with E-state index in [1.165, 1.54) is 12.1 Å². The van der Waals surface area contributed by atoms with Crippen molar-refractivity contribution in [3.8, 4) is 0 Å². The Bertz CT molecular complexity index is 1030. The van der Waals surface area contributed by atoms with Crippen LogP contribution in [0, 0.1) is 19.7 Å². The van der Waals surface area contributed by atoms with E-state index in [0.29, 0.717) is 12.4 Å². The van der Waals surface area contributed by atoms with Crippen LogP contribution >= 0.6 is 11.3 Å². The summed E-state index contributed by atoms with van der Waals surface area (Å²) in [7, 11) is 0. The highest BCUT2D eigenvalue weighted by molar-refractivity contribution is 7.18. The maximum absolute atomic E-state index is 13.4. The van der Waals surface area contributed by atoms with Gasteiger partial charge in [0.25, 0.3) is 5.56 Å². The molecule has 0 radical (unpaired) electrons. The Kier molecular flexibility index (Phi) is 3.20. The van der Waals surface area contributed by atoms with Gasteiger partial charge in [-0.25, -0.2) is 9.37 Å². The fourth-order valence-electron chi connectivity index (χ4n) is 3.06. The summed E-state index contributed by atoms with van der Waals surface area (Å²) in [5.74, 6) is 0.454. The quantitative estimate of drug-likeness (QED) is 0.673. The fraction of sp³-hybridized carbons (Fsp3) is 0.222. The van der Waals surface area contributed by atoms with E-state index in [2.05, 4.69) is 0 Å². The molecule has 0 fully saturated rings. The Labute approximate surface area is 136 Å². The number of thiophene rings is 1. The molecule has 1 aliphatic heterocycles. The smallest absolute Gasteiger partial charge is 0.262 e. The lowest BCUT2D eigenvalue weighted by atomic mass is 10.1. The van der Waals surface area contributed by atoms with Crippen molar-refractivity contribution >= 4 is 33.2 Å². The first-order valence-corrected chi connectivity index (χ1v) is 8.33. The summed E-state index contributed by atoms with van der Waals surface area (Å²) in [6, 6.07) is 6.46. The molecule has 5 heteroatoms. The minimum atomic E-state index is -0.261. The largest absolute Gasteiger partial charge is 0.292 e. The Morgan fingerprint density at radius 1 is 1.35 bits per heavy atom. The van der Waals surface area contributed by atoms with Gasteiger partial charge in [-0.05, 0) is 55.2 Å². The number of hydrogen-bond acceptors (Lipinski definition) is 3. The summed E-state index contributed by atoms with van der Waals surface area (Å²) < 4.78 is 15.1. The van der Waals surface area contributed by atoms with Gasteiger partial charge in [-0.1, -0.05) is 12.1 Å². The second kappa shape index (κ2) is 5.13. The minimum Gasteiger partial charge on any atom is -0.292 e. The molecule has 2 aromatic heterocycles. The third-order valence-corrected chi connectivity index (χ3v) is 5.47. The molecule has 0 bridgehead atoms. The number of aromatic nitrogens is 2. The molecule has 0 saturated carbocycles. The Morgan fingerprint density at radius 3 is 2.96 bits per heavy atom. The van der Waals surface area contributed by atoms with Crippen LogP contribution in [-0.4, -0.2) is 9.55 Å². The van der Waals surface area contributed by atoms with Crippen molar-refractivity contribution in [3.63, 3.8) is 0 Å². The lowest BCUT2D eigenvalue weighted by molar-refractivity contribution is 0.627. The average Bonchev–Trinajstić information content (AvgIpc) is 3.02. The molecule has 0 saturated heterocycles. The molecule has 4 rings (SSSR count). The lowest BCUT2D eigenvalue weighted by Crippen LogP contribution is -2.20. The van der Waals surface area contributed by atoms with Gasteiger partial charge >= 0.3 is 0 Å². The molecule has 0 spiro atoms. The van der Waals surface area contributed by atoms with Crippen molar-refractivity contribution in [3.05, 3.63) is 62.3 Å². The van der Waals surface area contributed by atoms with Crippen LogP contribution in [0.3, 0.4) is 0 Å². The Balaban J connectivity index is 1.92. The molecule has 1 aliphatic rings. The molecule has 0 aliphatic carbocycles. The van der Waals surface area contributed by atoms with Gasteiger partial charge in [-0.2, -0.15) is 0 Å².